The van der Waals surface area contributed by atoms with Gasteiger partial charge in [0.1, 0.15) is 10.6 Å². The van der Waals surface area contributed by atoms with Gasteiger partial charge in [0.2, 0.25) is 0 Å². The SMILES string of the molecule is CCNC(=O)COc1ccc(/C=C(/Cl)c2nc3scc(-c4cccs4)c3c(=O)[nH]2)cc1. The third-order valence-corrected chi connectivity index (χ3v) is 6.44. The van der Waals surface area contributed by atoms with E-state index in [1.165, 1.54) is 11.3 Å². The van der Waals surface area contributed by atoms with Gasteiger partial charge in [0.05, 0.1) is 10.4 Å². The van der Waals surface area contributed by atoms with Gasteiger partial charge >= 0.3 is 0 Å². The molecule has 2 N–H and O–H groups in total. The van der Waals surface area contributed by atoms with Crippen LogP contribution in [0.15, 0.2) is 52.0 Å². The Morgan fingerprint density at radius 3 is 2.77 bits per heavy atom. The number of ether oxygens (including phenoxy) is 1. The number of benzene rings is 1. The van der Waals surface area contributed by atoms with E-state index in [0.717, 1.165) is 16.0 Å². The van der Waals surface area contributed by atoms with E-state index in [9.17, 15) is 9.59 Å². The summed E-state index contributed by atoms with van der Waals surface area (Å²) in [6, 6.07) is 11.1. The maximum absolute atomic E-state index is 12.7. The Balaban J connectivity index is 1.54. The second-order valence-corrected chi connectivity index (χ2v) is 8.74. The van der Waals surface area contributed by atoms with Crippen LogP contribution in [0.3, 0.4) is 0 Å². The largest absolute Gasteiger partial charge is 0.484 e. The molecule has 0 spiro atoms. The Morgan fingerprint density at radius 1 is 1.26 bits per heavy atom. The molecule has 1 amide bonds. The van der Waals surface area contributed by atoms with Crippen LogP contribution in [-0.4, -0.2) is 29.0 Å². The summed E-state index contributed by atoms with van der Waals surface area (Å²) >= 11 is 9.45. The van der Waals surface area contributed by atoms with Crippen LogP contribution in [0.25, 0.3) is 31.8 Å². The molecule has 6 nitrogen and oxygen atoms in total. The highest BCUT2D eigenvalue weighted by Gasteiger charge is 2.14. The Morgan fingerprint density at radius 2 is 2.06 bits per heavy atom. The number of thiophene rings is 2. The van der Waals surface area contributed by atoms with E-state index in [2.05, 4.69) is 15.3 Å². The Bertz CT molecular complexity index is 1290. The molecule has 0 unspecified atom stereocenters. The highest BCUT2D eigenvalue weighted by atomic mass is 35.5. The zero-order valence-electron chi connectivity index (χ0n) is 16.5. The lowest BCUT2D eigenvalue weighted by atomic mass is 10.2. The van der Waals surface area contributed by atoms with Gasteiger partial charge < -0.3 is 15.0 Å². The third kappa shape index (κ3) is 4.87. The van der Waals surface area contributed by atoms with Crippen molar-refractivity contribution in [1.82, 2.24) is 15.3 Å². The number of carbonyl (C=O) groups is 1. The predicted octanol–water partition coefficient (Wildman–Crippen LogP) is 4.96. The number of fused-ring (bicyclic) bond motifs is 1. The first-order valence-corrected chi connectivity index (χ1v) is 11.6. The normalized spacial score (nSPS) is 11.6. The second-order valence-electron chi connectivity index (χ2n) is 6.52. The Hall–Kier alpha value is -2.94. The molecule has 0 aliphatic carbocycles. The number of aromatic amines is 1. The summed E-state index contributed by atoms with van der Waals surface area (Å²) in [7, 11) is 0. The number of nitrogens with zero attached hydrogens (tertiary/aromatic N) is 1. The molecule has 0 bridgehead atoms. The molecule has 0 radical (unpaired) electrons. The lowest BCUT2D eigenvalue weighted by Gasteiger charge is -2.06. The van der Waals surface area contributed by atoms with E-state index in [1.54, 1.807) is 29.5 Å². The number of likely N-dealkylation sites (N-methyl/N-ethyl adjacent to an activating group) is 1. The van der Waals surface area contributed by atoms with Crippen molar-refractivity contribution in [2.24, 2.45) is 0 Å². The first-order valence-electron chi connectivity index (χ1n) is 9.47. The molecular weight excluding hydrogens is 454 g/mol. The van der Waals surface area contributed by atoms with Crippen molar-refractivity contribution in [1.29, 1.82) is 0 Å². The summed E-state index contributed by atoms with van der Waals surface area (Å²) in [5.74, 6) is 0.721. The molecule has 0 atom stereocenters. The van der Waals surface area contributed by atoms with Gasteiger partial charge in [-0.3, -0.25) is 9.59 Å². The molecule has 0 saturated carbocycles. The molecule has 4 aromatic rings. The smallest absolute Gasteiger partial charge is 0.260 e. The van der Waals surface area contributed by atoms with Gasteiger partial charge in [0.15, 0.2) is 12.4 Å². The molecule has 3 aromatic heterocycles. The number of hydrogen-bond donors (Lipinski definition) is 2. The molecule has 0 fully saturated rings. The molecule has 9 heteroatoms. The van der Waals surface area contributed by atoms with Crippen molar-refractivity contribution < 1.29 is 9.53 Å². The molecule has 0 aliphatic rings. The van der Waals surface area contributed by atoms with Gasteiger partial charge in [-0.25, -0.2) is 4.98 Å². The van der Waals surface area contributed by atoms with Crippen LogP contribution in [0, 0.1) is 0 Å². The van der Waals surface area contributed by atoms with Gasteiger partial charge in [0, 0.05) is 22.4 Å². The van der Waals surface area contributed by atoms with E-state index >= 15 is 0 Å². The van der Waals surface area contributed by atoms with E-state index in [4.69, 9.17) is 16.3 Å². The molecule has 31 heavy (non-hydrogen) atoms. The lowest BCUT2D eigenvalue weighted by molar-refractivity contribution is -0.122. The van der Waals surface area contributed by atoms with E-state index in [-0.39, 0.29) is 18.1 Å². The maximum atomic E-state index is 12.7. The first-order chi connectivity index (χ1) is 15.0. The first kappa shape index (κ1) is 21.3. The quantitative estimate of drug-likeness (QED) is 0.398. The highest BCUT2D eigenvalue weighted by Crippen LogP contribution is 2.34. The molecule has 1 aromatic carbocycles. The number of aromatic nitrogens is 2. The van der Waals surface area contributed by atoms with Gasteiger partial charge in [-0.05, 0) is 42.1 Å². The van der Waals surface area contributed by atoms with Crippen molar-refractivity contribution in [2.75, 3.05) is 13.2 Å². The van der Waals surface area contributed by atoms with Crippen molar-refractivity contribution in [3.05, 3.63) is 68.9 Å². The minimum atomic E-state index is -0.217. The topological polar surface area (TPSA) is 84.1 Å². The molecule has 0 saturated heterocycles. The van der Waals surface area contributed by atoms with E-state index in [1.807, 2.05) is 41.9 Å². The van der Waals surface area contributed by atoms with Crippen LogP contribution in [0.4, 0.5) is 0 Å². The zero-order chi connectivity index (χ0) is 21.8. The number of hydrogen-bond acceptors (Lipinski definition) is 6. The van der Waals surface area contributed by atoms with Crippen LogP contribution in [0.1, 0.15) is 18.3 Å². The van der Waals surface area contributed by atoms with Gasteiger partial charge in [-0.1, -0.05) is 29.8 Å². The van der Waals surface area contributed by atoms with Crippen LogP contribution >= 0.6 is 34.3 Å². The summed E-state index contributed by atoms with van der Waals surface area (Å²) < 4.78 is 5.44. The van der Waals surface area contributed by atoms with Crippen molar-refractivity contribution in [3.8, 4) is 16.2 Å². The Labute approximate surface area is 191 Å². The number of halogens is 1. The molecule has 158 valence electrons. The third-order valence-electron chi connectivity index (χ3n) is 4.37. The molecule has 4 rings (SSSR count). The van der Waals surface area contributed by atoms with Crippen LogP contribution in [0.5, 0.6) is 5.75 Å². The lowest BCUT2D eigenvalue weighted by Crippen LogP contribution is -2.28. The number of carbonyl (C=O) groups excluding carboxylic acids is 1. The summed E-state index contributed by atoms with van der Waals surface area (Å²) in [5.41, 5.74) is 1.48. The minimum absolute atomic E-state index is 0.0385. The average Bonchev–Trinajstić information content (AvgIpc) is 3.43. The van der Waals surface area contributed by atoms with Crippen molar-refractivity contribution in [3.63, 3.8) is 0 Å². The summed E-state index contributed by atoms with van der Waals surface area (Å²) in [6.45, 7) is 2.38. The minimum Gasteiger partial charge on any atom is -0.484 e. The molecule has 3 heterocycles. The number of nitrogens with one attached hydrogen (secondary N) is 2. The summed E-state index contributed by atoms with van der Waals surface area (Å²) in [4.78, 5) is 33.2. The summed E-state index contributed by atoms with van der Waals surface area (Å²) in [6.07, 6.45) is 1.72. The highest BCUT2D eigenvalue weighted by molar-refractivity contribution is 7.18. The number of rotatable bonds is 7. The summed E-state index contributed by atoms with van der Waals surface area (Å²) in [5, 5.41) is 7.49. The van der Waals surface area contributed by atoms with Crippen molar-refractivity contribution >= 4 is 61.5 Å². The predicted molar refractivity (Wildman–Crippen MR) is 128 cm³/mol. The molecule has 0 aliphatic heterocycles. The van der Waals surface area contributed by atoms with Crippen LogP contribution in [0.2, 0.25) is 0 Å². The fourth-order valence-corrected chi connectivity index (χ4v) is 4.92. The zero-order valence-corrected chi connectivity index (χ0v) is 18.9. The number of H-pyrrole nitrogens is 1. The Kier molecular flexibility index (Phi) is 6.50. The fraction of sp³-hybridized carbons (Fsp3) is 0.136. The van der Waals surface area contributed by atoms with Crippen molar-refractivity contribution in [2.45, 2.75) is 6.92 Å². The fourth-order valence-electron chi connectivity index (χ4n) is 2.95. The van der Waals surface area contributed by atoms with Crippen LogP contribution < -0.4 is 15.6 Å². The van der Waals surface area contributed by atoms with Gasteiger partial charge in [-0.2, -0.15) is 0 Å². The van der Waals surface area contributed by atoms with Gasteiger partial charge in [-0.15, -0.1) is 22.7 Å². The monoisotopic (exact) mass is 471 g/mol. The van der Waals surface area contributed by atoms with Crippen LogP contribution in [-0.2, 0) is 4.79 Å². The average molecular weight is 472 g/mol. The number of amides is 1. The standard InChI is InChI=1S/C22H18ClN3O3S2/c1-2-24-18(27)11-29-14-7-5-13(6-8-14)10-16(23)20-25-21(28)19-15(12-31-22(19)26-20)17-4-3-9-30-17/h3-10,12H,2,11H2,1H3,(H,24,27)(H,25,26,28)/b16-10+. The van der Waals surface area contributed by atoms with E-state index in [0.29, 0.717) is 33.4 Å². The molecular formula is C22H18ClN3O3S2. The van der Waals surface area contributed by atoms with Gasteiger partial charge in [0.25, 0.3) is 11.5 Å². The second kappa shape index (κ2) is 9.47. The van der Waals surface area contributed by atoms with E-state index < -0.39 is 0 Å². The maximum Gasteiger partial charge on any atom is 0.260 e.